The van der Waals surface area contributed by atoms with Gasteiger partial charge in [-0.25, -0.2) is 4.98 Å². The van der Waals surface area contributed by atoms with Gasteiger partial charge in [0.1, 0.15) is 17.2 Å². The molecule has 6 heteroatoms. The number of phenolic OH excluding ortho intramolecular Hbond substituents is 1. The number of ketones is 1. The van der Waals surface area contributed by atoms with E-state index in [1.807, 2.05) is 33.7 Å². The first-order chi connectivity index (χ1) is 16.2. The number of phenols is 1. The van der Waals surface area contributed by atoms with Crippen molar-refractivity contribution in [3.63, 3.8) is 0 Å². The normalized spacial score (nSPS) is 11.5. The van der Waals surface area contributed by atoms with Crippen LogP contribution in [-0.2, 0) is 11.2 Å². The molecule has 1 aromatic carbocycles. The smallest absolute Gasteiger partial charge is 0.255 e. The summed E-state index contributed by atoms with van der Waals surface area (Å²) in [6, 6.07) is 10.7. The van der Waals surface area contributed by atoms with Gasteiger partial charge >= 0.3 is 0 Å². The van der Waals surface area contributed by atoms with Crippen molar-refractivity contribution in [2.75, 3.05) is 13.1 Å². The molecule has 0 aliphatic carbocycles. The number of carbonyl (C=O) groups is 2. The lowest BCUT2D eigenvalue weighted by Gasteiger charge is -2.24. The van der Waals surface area contributed by atoms with Gasteiger partial charge in [0, 0.05) is 31.3 Å². The molecule has 0 aliphatic rings. The SMILES string of the molecule is CC(=O)CCc1c(-c2cccc(O)c2)nc2ccc(C(=O)N(CCC(C)C)CCC(C)C)cn12. The molecule has 0 radical (unpaired) electrons. The summed E-state index contributed by atoms with van der Waals surface area (Å²) in [5.74, 6) is 1.32. The minimum absolute atomic E-state index is 0.0216. The zero-order valence-corrected chi connectivity index (χ0v) is 21.0. The van der Waals surface area contributed by atoms with Crippen molar-refractivity contribution in [3.05, 3.63) is 53.9 Å². The fraction of sp³-hybridized carbons (Fsp3) is 0.464. The molecule has 1 N–H and O–H groups in total. The zero-order chi connectivity index (χ0) is 24.8. The Morgan fingerprint density at radius 2 is 1.71 bits per heavy atom. The van der Waals surface area contributed by atoms with E-state index in [1.165, 1.54) is 0 Å². The monoisotopic (exact) mass is 463 g/mol. The van der Waals surface area contributed by atoms with Crippen LogP contribution in [0.5, 0.6) is 5.75 Å². The largest absolute Gasteiger partial charge is 0.508 e. The third kappa shape index (κ3) is 6.46. The second-order valence-electron chi connectivity index (χ2n) is 9.96. The maximum Gasteiger partial charge on any atom is 0.255 e. The first-order valence-corrected chi connectivity index (χ1v) is 12.2. The van der Waals surface area contributed by atoms with E-state index in [4.69, 9.17) is 4.98 Å². The molecule has 0 spiro atoms. The van der Waals surface area contributed by atoms with E-state index in [-0.39, 0.29) is 17.4 Å². The van der Waals surface area contributed by atoms with Crippen molar-refractivity contribution in [3.8, 4) is 17.0 Å². The molecule has 6 nitrogen and oxygen atoms in total. The van der Waals surface area contributed by atoms with Gasteiger partial charge in [0.2, 0.25) is 0 Å². The first kappa shape index (κ1) is 25.5. The Bertz CT molecular complexity index is 1140. The van der Waals surface area contributed by atoms with Crippen molar-refractivity contribution in [1.29, 1.82) is 0 Å². The lowest BCUT2D eigenvalue weighted by molar-refractivity contribution is -0.117. The van der Waals surface area contributed by atoms with Crippen molar-refractivity contribution in [2.45, 2.75) is 60.3 Å². The Kier molecular flexibility index (Phi) is 8.48. The molecule has 0 saturated heterocycles. The van der Waals surface area contributed by atoms with E-state index >= 15 is 0 Å². The summed E-state index contributed by atoms with van der Waals surface area (Å²) in [6.07, 6.45) is 4.66. The highest BCUT2D eigenvalue weighted by Gasteiger charge is 2.20. The number of benzene rings is 1. The second-order valence-corrected chi connectivity index (χ2v) is 9.96. The maximum absolute atomic E-state index is 13.5. The van der Waals surface area contributed by atoms with Crippen LogP contribution < -0.4 is 0 Å². The number of aromatic hydroxyl groups is 1. The molecule has 1 amide bonds. The van der Waals surface area contributed by atoms with Crippen LogP contribution >= 0.6 is 0 Å². The lowest BCUT2D eigenvalue weighted by Crippen LogP contribution is -2.34. The average molecular weight is 464 g/mol. The van der Waals surface area contributed by atoms with Crippen LogP contribution in [0.4, 0.5) is 0 Å². The van der Waals surface area contributed by atoms with E-state index in [2.05, 4.69) is 27.7 Å². The van der Waals surface area contributed by atoms with Gasteiger partial charge in [-0.3, -0.25) is 4.79 Å². The van der Waals surface area contributed by atoms with Crippen LogP contribution in [0.1, 0.15) is 69.9 Å². The number of pyridine rings is 1. The Morgan fingerprint density at radius 1 is 1.03 bits per heavy atom. The number of fused-ring (bicyclic) bond motifs is 1. The van der Waals surface area contributed by atoms with E-state index in [0.29, 0.717) is 35.9 Å². The van der Waals surface area contributed by atoms with Crippen LogP contribution in [0.25, 0.3) is 16.9 Å². The molecule has 182 valence electrons. The summed E-state index contributed by atoms with van der Waals surface area (Å²) in [5, 5.41) is 9.98. The number of carbonyl (C=O) groups excluding carboxylic acids is 2. The maximum atomic E-state index is 13.5. The van der Waals surface area contributed by atoms with Crippen LogP contribution in [0.2, 0.25) is 0 Å². The summed E-state index contributed by atoms with van der Waals surface area (Å²) in [5.41, 5.74) is 3.69. The van der Waals surface area contributed by atoms with Gasteiger partial charge in [0.15, 0.2) is 0 Å². The number of hydrogen-bond acceptors (Lipinski definition) is 4. The van der Waals surface area contributed by atoms with Crippen molar-refractivity contribution < 1.29 is 14.7 Å². The predicted molar refractivity (Wildman–Crippen MR) is 136 cm³/mol. The Balaban J connectivity index is 2.02. The van der Waals surface area contributed by atoms with Gasteiger partial charge in [-0.15, -0.1) is 0 Å². The van der Waals surface area contributed by atoms with E-state index in [1.54, 1.807) is 25.1 Å². The fourth-order valence-corrected chi connectivity index (χ4v) is 3.96. The lowest BCUT2D eigenvalue weighted by atomic mass is 10.1. The topological polar surface area (TPSA) is 74.9 Å². The van der Waals surface area contributed by atoms with Crippen molar-refractivity contribution in [2.24, 2.45) is 11.8 Å². The van der Waals surface area contributed by atoms with E-state index in [0.717, 1.165) is 42.9 Å². The van der Waals surface area contributed by atoms with Gasteiger partial charge in [-0.2, -0.15) is 0 Å². The predicted octanol–water partition coefficient (Wildman–Crippen LogP) is 5.76. The highest BCUT2D eigenvalue weighted by Crippen LogP contribution is 2.28. The molecular formula is C28H37N3O3. The van der Waals surface area contributed by atoms with E-state index in [9.17, 15) is 14.7 Å². The molecule has 0 aliphatic heterocycles. The summed E-state index contributed by atoms with van der Waals surface area (Å²) in [7, 11) is 0. The van der Waals surface area contributed by atoms with Crippen molar-refractivity contribution in [1.82, 2.24) is 14.3 Å². The van der Waals surface area contributed by atoms with Crippen LogP contribution in [0.15, 0.2) is 42.6 Å². The summed E-state index contributed by atoms with van der Waals surface area (Å²) < 4.78 is 1.93. The molecule has 34 heavy (non-hydrogen) atoms. The summed E-state index contributed by atoms with van der Waals surface area (Å²) in [4.78, 5) is 32.0. The van der Waals surface area contributed by atoms with Gasteiger partial charge in [0.05, 0.1) is 17.0 Å². The summed E-state index contributed by atoms with van der Waals surface area (Å²) in [6.45, 7) is 11.7. The van der Waals surface area contributed by atoms with Crippen molar-refractivity contribution >= 4 is 17.3 Å². The number of nitrogens with zero attached hydrogens (tertiary/aromatic N) is 3. The molecule has 0 atom stereocenters. The quantitative estimate of drug-likeness (QED) is 0.392. The van der Waals surface area contributed by atoms with Gasteiger partial charge < -0.3 is 19.2 Å². The Labute approximate surface area is 202 Å². The number of hydrogen-bond donors (Lipinski definition) is 1. The zero-order valence-electron chi connectivity index (χ0n) is 21.0. The minimum Gasteiger partial charge on any atom is -0.508 e. The molecule has 2 heterocycles. The minimum atomic E-state index is 0.0216. The molecule has 3 rings (SSSR count). The first-order valence-electron chi connectivity index (χ1n) is 12.2. The number of aromatic nitrogens is 2. The number of imidazole rings is 1. The number of aryl methyl sites for hydroxylation is 1. The Hall–Kier alpha value is -3.15. The van der Waals surface area contributed by atoms with Crippen LogP contribution in [-0.4, -0.2) is 44.2 Å². The number of rotatable bonds is 11. The van der Waals surface area contributed by atoms with Crippen LogP contribution in [0, 0.1) is 11.8 Å². The molecule has 0 unspecified atom stereocenters. The second kappa shape index (κ2) is 11.3. The molecule has 0 fully saturated rings. The van der Waals surface area contributed by atoms with Gasteiger partial charge in [-0.05, 0) is 62.3 Å². The van der Waals surface area contributed by atoms with Crippen LogP contribution in [0.3, 0.4) is 0 Å². The standard InChI is InChI=1S/C28H37N3O3/c1-19(2)13-15-30(16-14-20(3)4)28(34)23-10-12-26-29-27(22-7-6-8-24(33)17-22)25(31(26)18-23)11-9-21(5)32/h6-8,10,12,17-20,33H,9,11,13-16H2,1-5H3. The molecule has 2 aromatic heterocycles. The fourth-order valence-electron chi connectivity index (χ4n) is 3.96. The third-order valence-corrected chi connectivity index (χ3v) is 6.04. The third-order valence-electron chi connectivity index (χ3n) is 6.04. The molecular weight excluding hydrogens is 426 g/mol. The highest BCUT2D eigenvalue weighted by molar-refractivity contribution is 5.94. The van der Waals surface area contributed by atoms with Gasteiger partial charge in [-0.1, -0.05) is 39.8 Å². The highest BCUT2D eigenvalue weighted by atomic mass is 16.3. The Morgan fingerprint density at radius 3 is 2.29 bits per heavy atom. The van der Waals surface area contributed by atoms with Gasteiger partial charge in [0.25, 0.3) is 5.91 Å². The number of Topliss-reactive ketones (excluding diaryl/α,β-unsaturated/α-hetero) is 1. The molecule has 0 bridgehead atoms. The molecule has 0 saturated carbocycles. The molecule has 3 aromatic rings. The van der Waals surface area contributed by atoms with E-state index < -0.39 is 0 Å². The average Bonchev–Trinajstić information content (AvgIpc) is 3.14. The summed E-state index contributed by atoms with van der Waals surface area (Å²) >= 11 is 0. The number of amides is 1.